The van der Waals surface area contributed by atoms with Crippen LogP contribution in [-0.4, -0.2) is 36.4 Å². The Morgan fingerprint density at radius 2 is 1.74 bits per heavy atom. The predicted molar refractivity (Wildman–Crippen MR) is 100 cm³/mol. The van der Waals surface area contributed by atoms with E-state index in [1.54, 1.807) is 12.1 Å². The second kappa shape index (κ2) is 6.78. The molecule has 2 aliphatic carbocycles. The van der Waals surface area contributed by atoms with Crippen LogP contribution in [0, 0.1) is 0 Å². The topological polar surface area (TPSA) is 139 Å². The summed E-state index contributed by atoms with van der Waals surface area (Å²) in [5.74, 6) is 0.0904. The summed E-state index contributed by atoms with van der Waals surface area (Å²) in [5, 5.41) is 6.17. The number of sulfonamides is 1. The summed E-state index contributed by atoms with van der Waals surface area (Å²) in [7, 11) is -3.49. The van der Waals surface area contributed by atoms with Gasteiger partial charge in [0.1, 0.15) is 5.82 Å². The minimum absolute atomic E-state index is 0.0577. The van der Waals surface area contributed by atoms with Gasteiger partial charge in [-0.1, -0.05) is 0 Å². The molecule has 10 heteroatoms. The Morgan fingerprint density at radius 1 is 1.07 bits per heavy atom. The van der Waals surface area contributed by atoms with E-state index in [2.05, 4.69) is 25.3 Å². The summed E-state index contributed by atoms with van der Waals surface area (Å²) in [6.45, 7) is 0. The zero-order chi connectivity index (χ0) is 19.0. The molecule has 142 valence electrons. The molecule has 0 atom stereocenters. The second-order valence-corrected chi connectivity index (χ2v) is 8.50. The molecule has 2 aliphatic rings. The van der Waals surface area contributed by atoms with E-state index in [1.807, 2.05) is 0 Å². The zero-order valence-corrected chi connectivity index (χ0v) is 15.3. The highest BCUT2D eigenvalue weighted by Gasteiger charge is 2.28. The van der Waals surface area contributed by atoms with Crippen LogP contribution < -0.4 is 21.1 Å². The maximum Gasteiger partial charge on any atom is 0.254 e. The molecular formula is C17H20N6O3S. The lowest BCUT2D eigenvalue weighted by molar-refractivity contribution is 0.100. The van der Waals surface area contributed by atoms with Gasteiger partial charge in [0, 0.05) is 24.0 Å². The van der Waals surface area contributed by atoms with E-state index < -0.39 is 15.9 Å². The number of primary amides is 1. The number of anilines is 3. The summed E-state index contributed by atoms with van der Waals surface area (Å²) < 4.78 is 27.0. The molecule has 27 heavy (non-hydrogen) atoms. The maximum atomic E-state index is 12.2. The van der Waals surface area contributed by atoms with Crippen molar-refractivity contribution in [3.63, 3.8) is 0 Å². The number of hydrogen-bond donors (Lipinski definition) is 4. The van der Waals surface area contributed by atoms with Crippen molar-refractivity contribution in [3.05, 3.63) is 36.0 Å². The first-order chi connectivity index (χ1) is 12.9. The van der Waals surface area contributed by atoms with Crippen LogP contribution in [-0.2, 0) is 10.0 Å². The van der Waals surface area contributed by atoms with Crippen molar-refractivity contribution in [3.8, 4) is 0 Å². The molecular weight excluding hydrogens is 368 g/mol. The first-order valence-electron chi connectivity index (χ1n) is 8.73. The SMILES string of the molecule is NC(=O)c1cnc(Nc2ccc(S(=O)(=O)NC3CC3)cc2)nc1NC1CC1. The molecule has 9 nitrogen and oxygen atoms in total. The molecule has 0 saturated heterocycles. The average Bonchev–Trinajstić information content (AvgIpc) is 3.53. The molecule has 1 aromatic carbocycles. The van der Waals surface area contributed by atoms with Crippen LogP contribution >= 0.6 is 0 Å². The standard InChI is InChI=1S/C17H20N6O3S/c18-15(24)14-9-19-17(22-16(14)20-10-1-2-10)21-11-5-7-13(8-6-11)27(25,26)23-12-3-4-12/h5-10,12,23H,1-4H2,(H2,18,24)(H2,19,20,21,22). The molecule has 2 aromatic rings. The third kappa shape index (κ3) is 4.34. The van der Waals surface area contributed by atoms with Crippen molar-refractivity contribution in [1.82, 2.24) is 14.7 Å². The average molecular weight is 388 g/mol. The number of aromatic nitrogens is 2. The van der Waals surface area contributed by atoms with Gasteiger partial charge in [0.2, 0.25) is 16.0 Å². The molecule has 0 radical (unpaired) electrons. The lowest BCUT2D eigenvalue weighted by Crippen LogP contribution is -2.25. The normalized spacial score (nSPS) is 16.7. The first-order valence-corrected chi connectivity index (χ1v) is 10.2. The minimum atomic E-state index is -3.49. The first kappa shape index (κ1) is 17.7. The summed E-state index contributed by atoms with van der Waals surface area (Å²) in [6.07, 6.45) is 5.19. The van der Waals surface area contributed by atoms with Crippen LogP contribution in [0.1, 0.15) is 36.0 Å². The van der Waals surface area contributed by atoms with E-state index >= 15 is 0 Å². The third-order valence-corrected chi connectivity index (χ3v) is 5.83. The quantitative estimate of drug-likeness (QED) is 0.535. The van der Waals surface area contributed by atoms with Crippen LogP contribution in [0.5, 0.6) is 0 Å². The monoisotopic (exact) mass is 388 g/mol. The molecule has 2 saturated carbocycles. The highest BCUT2D eigenvalue weighted by Crippen LogP contribution is 2.27. The molecule has 1 amide bonds. The lowest BCUT2D eigenvalue weighted by atomic mass is 10.3. The van der Waals surface area contributed by atoms with Crippen molar-refractivity contribution in [2.75, 3.05) is 10.6 Å². The zero-order valence-electron chi connectivity index (χ0n) is 14.5. The number of rotatable bonds is 8. The number of hydrogen-bond acceptors (Lipinski definition) is 7. The van der Waals surface area contributed by atoms with Crippen LogP contribution in [0.15, 0.2) is 35.4 Å². The Morgan fingerprint density at radius 3 is 2.33 bits per heavy atom. The van der Waals surface area contributed by atoms with Gasteiger partial charge in [-0.2, -0.15) is 4.98 Å². The van der Waals surface area contributed by atoms with Gasteiger partial charge in [-0.15, -0.1) is 0 Å². The second-order valence-electron chi connectivity index (χ2n) is 6.78. The van der Waals surface area contributed by atoms with E-state index in [0.29, 0.717) is 17.5 Å². The number of nitrogens with zero attached hydrogens (tertiary/aromatic N) is 2. The van der Waals surface area contributed by atoms with Gasteiger partial charge < -0.3 is 16.4 Å². The summed E-state index contributed by atoms with van der Waals surface area (Å²) in [6, 6.07) is 6.68. The Hall–Kier alpha value is -2.72. The van der Waals surface area contributed by atoms with Gasteiger partial charge in [0.15, 0.2) is 0 Å². The molecule has 0 aliphatic heterocycles. The maximum absolute atomic E-state index is 12.2. The molecule has 1 aromatic heterocycles. The lowest BCUT2D eigenvalue weighted by Gasteiger charge is -2.11. The number of amides is 1. The Labute approximate surface area is 156 Å². The van der Waals surface area contributed by atoms with Crippen molar-refractivity contribution in [1.29, 1.82) is 0 Å². The molecule has 0 spiro atoms. The highest BCUT2D eigenvalue weighted by molar-refractivity contribution is 7.89. The van der Waals surface area contributed by atoms with E-state index in [9.17, 15) is 13.2 Å². The van der Waals surface area contributed by atoms with Crippen molar-refractivity contribution in [2.45, 2.75) is 42.7 Å². The summed E-state index contributed by atoms with van der Waals surface area (Å²) >= 11 is 0. The van der Waals surface area contributed by atoms with E-state index in [-0.39, 0.29) is 22.4 Å². The van der Waals surface area contributed by atoms with Crippen molar-refractivity contribution < 1.29 is 13.2 Å². The summed E-state index contributed by atoms with van der Waals surface area (Å²) in [4.78, 5) is 20.2. The number of benzene rings is 1. The Bertz CT molecular complexity index is 969. The minimum Gasteiger partial charge on any atom is -0.367 e. The van der Waals surface area contributed by atoms with Crippen molar-refractivity contribution >= 4 is 33.4 Å². The number of carbonyl (C=O) groups excluding carboxylic acids is 1. The Balaban J connectivity index is 1.50. The number of carbonyl (C=O) groups is 1. The third-order valence-electron chi connectivity index (χ3n) is 4.29. The fourth-order valence-electron chi connectivity index (χ4n) is 2.49. The molecule has 5 N–H and O–H groups in total. The van der Waals surface area contributed by atoms with E-state index in [4.69, 9.17) is 5.73 Å². The molecule has 4 rings (SSSR count). The van der Waals surface area contributed by atoms with Crippen LogP contribution in [0.2, 0.25) is 0 Å². The van der Waals surface area contributed by atoms with E-state index in [1.165, 1.54) is 18.3 Å². The Kier molecular flexibility index (Phi) is 4.44. The molecule has 0 bridgehead atoms. The van der Waals surface area contributed by atoms with E-state index in [0.717, 1.165) is 25.7 Å². The van der Waals surface area contributed by atoms with Gasteiger partial charge in [-0.25, -0.2) is 18.1 Å². The molecule has 1 heterocycles. The number of nitrogens with one attached hydrogen (secondary N) is 3. The van der Waals surface area contributed by atoms with Gasteiger partial charge in [0.25, 0.3) is 5.91 Å². The van der Waals surface area contributed by atoms with Crippen LogP contribution in [0.3, 0.4) is 0 Å². The van der Waals surface area contributed by atoms with Gasteiger partial charge in [0.05, 0.1) is 10.5 Å². The largest absolute Gasteiger partial charge is 0.367 e. The molecule has 2 fully saturated rings. The smallest absolute Gasteiger partial charge is 0.254 e. The molecule has 0 unspecified atom stereocenters. The van der Waals surface area contributed by atoms with Crippen LogP contribution in [0.25, 0.3) is 0 Å². The van der Waals surface area contributed by atoms with Gasteiger partial charge in [-0.3, -0.25) is 4.79 Å². The van der Waals surface area contributed by atoms with Gasteiger partial charge in [-0.05, 0) is 49.9 Å². The van der Waals surface area contributed by atoms with Gasteiger partial charge >= 0.3 is 0 Å². The fraction of sp³-hybridized carbons (Fsp3) is 0.353. The number of nitrogens with two attached hydrogens (primary N) is 1. The van der Waals surface area contributed by atoms with Crippen molar-refractivity contribution in [2.24, 2.45) is 5.73 Å². The fourth-order valence-corrected chi connectivity index (χ4v) is 3.79. The predicted octanol–water partition coefficient (Wildman–Crippen LogP) is 1.33. The highest BCUT2D eigenvalue weighted by atomic mass is 32.2. The summed E-state index contributed by atoms with van der Waals surface area (Å²) in [5.41, 5.74) is 6.23. The van der Waals surface area contributed by atoms with Crippen LogP contribution in [0.4, 0.5) is 17.5 Å².